The van der Waals surface area contributed by atoms with Crippen LogP contribution in [0.1, 0.15) is 44.8 Å². The Hall–Kier alpha value is -2.91. The summed E-state index contributed by atoms with van der Waals surface area (Å²) >= 11 is 0. The van der Waals surface area contributed by atoms with Crippen molar-refractivity contribution < 1.29 is 28.3 Å². The van der Waals surface area contributed by atoms with Crippen LogP contribution in [0, 0.1) is 17.0 Å². The molecular weight excluding hydrogens is 432 g/mol. The van der Waals surface area contributed by atoms with Crippen LogP contribution in [0.5, 0.6) is 0 Å². The summed E-state index contributed by atoms with van der Waals surface area (Å²) in [5.41, 5.74) is -2.18. The zero-order valence-electron chi connectivity index (χ0n) is 18.7. The largest absolute Gasteiger partial charge is 0.378 e. The number of benzene rings is 1. The van der Waals surface area contributed by atoms with Crippen LogP contribution in [0.2, 0.25) is 0 Å². The Bertz CT molecular complexity index is 966. The molecule has 1 saturated heterocycles. The molecule has 1 aliphatic carbocycles. The minimum atomic E-state index is -1.86. The zero-order valence-corrected chi connectivity index (χ0v) is 18.7. The highest BCUT2D eigenvalue weighted by atomic mass is 19.1. The molecule has 2 unspecified atom stereocenters. The van der Waals surface area contributed by atoms with E-state index in [4.69, 9.17) is 0 Å². The highest BCUT2D eigenvalue weighted by molar-refractivity contribution is 5.99. The zero-order chi connectivity index (χ0) is 24.2. The standard InChI is InChI=1S/C24H29F2N3O4/c1-15(28-22(33)20(31)16-11-17(25)13-18(26)12-16)21(32)29-24(9-5-6-10-27-14-24)23(2)8-4-3-7-19(23)30/h3-4,7-8,11-13,15,20,27,31H,5-6,9-10,14H2,1-2H3,(H,28,33)(H,29,32)/t15?,20-,23?,24-/m1/s1. The van der Waals surface area contributed by atoms with Crippen molar-refractivity contribution in [2.24, 2.45) is 5.41 Å². The van der Waals surface area contributed by atoms with Gasteiger partial charge in [-0.15, -0.1) is 0 Å². The van der Waals surface area contributed by atoms with E-state index < -0.39 is 46.5 Å². The van der Waals surface area contributed by atoms with Crippen molar-refractivity contribution in [3.63, 3.8) is 0 Å². The molecule has 0 bridgehead atoms. The van der Waals surface area contributed by atoms with Gasteiger partial charge < -0.3 is 21.1 Å². The molecule has 0 radical (unpaired) electrons. The van der Waals surface area contributed by atoms with E-state index in [1.54, 1.807) is 25.2 Å². The van der Waals surface area contributed by atoms with Crippen LogP contribution in [-0.4, -0.2) is 47.4 Å². The fourth-order valence-electron chi connectivity index (χ4n) is 4.37. The maximum atomic E-state index is 13.4. The number of allylic oxidation sites excluding steroid dienone is 3. The van der Waals surface area contributed by atoms with Crippen molar-refractivity contribution in [1.29, 1.82) is 0 Å². The van der Waals surface area contributed by atoms with Gasteiger partial charge in [-0.2, -0.15) is 0 Å². The van der Waals surface area contributed by atoms with E-state index in [0.29, 0.717) is 19.0 Å². The third-order valence-corrected chi connectivity index (χ3v) is 6.49. The summed E-state index contributed by atoms with van der Waals surface area (Å²) in [5, 5.41) is 18.9. The molecule has 33 heavy (non-hydrogen) atoms. The first-order chi connectivity index (χ1) is 15.6. The van der Waals surface area contributed by atoms with Gasteiger partial charge in [-0.25, -0.2) is 8.78 Å². The van der Waals surface area contributed by atoms with E-state index in [-0.39, 0.29) is 11.3 Å². The summed E-state index contributed by atoms with van der Waals surface area (Å²) in [6.45, 7) is 4.34. The lowest BCUT2D eigenvalue weighted by Gasteiger charge is -2.47. The number of nitrogens with one attached hydrogen (secondary N) is 3. The quantitative estimate of drug-likeness (QED) is 0.517. The fraction of sp³-hybridized carbons (Fsp3) is 0.458. The van der Waals surface area contributed by atoms with Crippen molar-refractivity contribution in [2.45, 2.75) is 50.8 Å². The Kier molecular flexibility index (Phi) is 7.44. The lowest BCUT2D eigenvalue weighted by Crippen LogP contribution is -2.67. The second kappa shape index (κ2) is 9.93. The van der Waals surface area contributed by atoms with Crippen molar-refractivity contribution in [2.75, 3.05) is 13.1 Å². The van der Waals surface area contributed by atoms with Gasteiger partial charge in [-0.3, -0.25) is 14.4 Å². The fourth-order valence-corrected chi connectivity index (χ4v) is 4.37. The molecule has 9 heteroatoms. The number of halogens is 2. The van der Waals surface area contributed by atoms with Crippen LogP contribution in [0.4, 0.5) is 8.78 Å². The molecule has 1 heterocycles. The number of carbonyl (C=O) groups is 3. The van der Waals surface area contributed by atoms with Gasteiger partial charge >= 0.3 is 0 Å². The number of aliphatic hydroxyl groups excluding tert-OH is 1. The van der Waals surface area contributed by atoms with Crippen LogP contribution in [0.15, 0.2) is 42.5 Å². The van der Waals surface area contributed by atoms with E-state index in [1.165, 1.54) is 13.0 Å². The Morgan fingerprint density at radius 2 is 1.82 bits per heavy atom. The Morgan fingerprint density at radius 1 is 1.12 bits per heavy atom. The molecule has 0 saturated carbocycles. The van der Waals surface area contributed by atoms with Crippen LogP contribution in [-0.2, 0) is 14.4 Å². The summed E-state index contributed by atoms with van der Waals surface area (Å²) in [5.74, 6) is -3.51. The van der Waals surface area contributed by atoms with E-state index >= 15 is 0 Å². The lowest BCUT2D eigenvalue weighted by atomic mass is 9.64. The number of aliphatic hydroxyl groups is 1. The maximum absolute atomic E-state index is 13.4. The summed E-state index contributed by atoms with van der Waals surface area (Å²) < 4.78 is 26.9. The smallest absolute Gasteiger partial charge is 0.254 e. The van der Waals surface area contributed by atoms with E-state index in [2.05, 4.69) is 16.0 Å². The van der Waals surface area contributed by atoms with Gasteiger partial charge in [0.05, 0.1) is 11.0 Å². The summed E-state index contributed by atoms with van der Waals surface area (Å²) in [6, 6.07) is 1.24. The van der Waals surface area contributed by atoms with Crippen molar-refractivity contribution >= 4 is 17.6 Å². The SMILES string of the molecule is CC(NC(=O)[C@H](O)c1cc(F)cc(F)c1)C(=O)N[C@]1(C2(C)C=CC=CC2=O)CCCCNC1. The molecule has 4 atom stereocenters. The monoisotopic (exact) mass is 461 g/mol. The van der Waals surface area contributed by atoms with Gasteiger partial charge in [0.1, 0.15) is 17.7 Å². The van der Waals surface area contributed by atoms with Gasteiger partial charge in [0.2, 0.25) is 5.91 Å². The number of amides is 2. The number of hydrogen-bond acceptors (Lipinski definition) is 5. The van der Waals surface area contributed by atoms with Gasteiger partial charge in [0, 0.05) is 12.6 Å². The van der Waals surface area contributed by atoms with Crippen molar-refractivity contribution in [3.8, 4) is 0 Å². The number of carbonyl (C=O) groups excluding carboxylic acids is 3. The highest BCUT2D eigenvalue weighted by Crippen LogP contribution is 2.40. The van der Waals surface area contributed by atoms with E-state index in [1.807, 2.05) is 0 Å². The predicted octanol–water partition coefficient (Wildman–Crippen LogP) is 1.83. The minimum Gasteiger partial charge on any atom is -0.378 e. The van der Waals surface area contributed by atoms with Gasteiger partial charge in [-0.1, -0.05) is 18.2 Å². The molecule has 7 nitrogen and oxygen atoms in total. The predicted molar refractivity (Wildman–Crippen MR) is 118 cm³/mol. The molecule has 1 fully saturated rings. The minimum absolute atomic E-state index is 0.130. The lowest BCUT2D eigenvalue weighted by molar-refractivity contribution is -0.136. The Morgan fingerprint density at radius 3 is 2.48 bits per heavy atom. The summed E-state index contributed by atoms with van der Waals surface area (Å²) in [7, 11) is 0. The van der Waals surface area contributed by atoms with Crippen LogP contribution >= 0.6 is 0 Å². The Balaban J connectivity index is 1.76. The first kappa shape index (κ1) is 24.7. The average Bonchev–Trinajstić information content (AvgIpc) is 3.01. The van der Waals surface area contributed by atoms with E-state index in [9.17, 15) is 28.3 Å². The molecule has 2 amide bonds. The normalized spacial score (nSPS) is 26.9. The maximum Gasteiger partial charge on any atom is 0.254 e. The molecule has 4 N–H and O–H groups in total. The molecule has 3 rings (SSSR count). The van der Waals surface area contributed by atoms with Gasteiger partial charge in [-0.05, 0) is 63.4 Å². The van der Waals surface area contributed by atoms with E-state index in [0.717, 1.165) is 31.5 Å². The molecule has 1 aliphatic heterocycles. The number of hydrogen-bond donors (Lipinski definition) is 4. The van der Waals surface area contributed by atoms with Crippen molar-refractivity contribution in [1.82, 2.24) is 16.0 Å². The van der Waals surface area contributed by atoms with Gasteiger partial charge in [0.25, 0.3) is 5.91 Å². The molecular formula is C24H29F2N3O4. The van der Waals surface area contributed by atoms with Crippen LogP contribution in [0.3, 0.4) is 0 Å². The molecule has 0 spiro atoms. The summed E-state index contributed by atoms with van der Waals surface area (Å²) in [6.07, 6.45) is 7.08. The molecule has 1 aromatic rings. The molecule has 0 aromatic heterocycles. The second-order valence-corrected chi connectivity index (χ2v) is 8.83. The highest BCUT2D eigenvalue weighted by Gasteiger charge is 2.52. The van der Waals surface area contributed by atoms with Crippen molar-refractivity contribution in [3.05, 3.63) is 59.7 Å². The number of rotatable bonds is 6. The second-order valence-electron chi connectivity index (χ2n) is 8.83. The molecule has 1 aromatic carbocycles. The first-order valence-corrected chi connectivity index (χ1v) is 11.0. The first-order valence-electron chi connectivity index (χ1n) is 11.0. The Labute approximate surface area is 191 Å². The topological polar surface area (TPSA) is 108 Å². The number of ketones is 1. The molecule has 2 aliphatic rings. The van der Waals surface area contributed by atoms with Gasteiger partial charge in [0.15, 0.2) is 11.9 Å². The summed E-state index contributed by atoms with van der Waals surface area (Å²) in [4.78, 5) is 38.4. The third kappa shape index (κ3) is 5.20. The van der Waals surface area contributed by atoms with Crippen LogP contribution in [0.25, 0.3) is 0 Å². The average molecular weight is 462 g/mol. The van der Waals surface area contributed by atoms with Crippen LogP contribution < -0.4 is 16.0 Å². The third-order valence-electron chi connectivity index (χ3n) is 6.49. The molecule has 178 valence electrons.